The highest BCUT2D eigenvalue weighted by Crippen LogP contribution is 2.23. The smallest absolute Gasteiger partial charge is 0.163 e. The summed E-state index contributed by atoms with van der Waals surface area (Å²) in [6, 6.07) is 5.40. The molecule has 0 N–H and O–H groups in total. The molecule has 4 heteroatoms. The number of halogens is 1. The molecule has 0 radical (unpaired) electrons. The normalized spacial score (nSPS) is 10.6. The van der Waals surface area contributed by atoms with E-state index in [0.717, 1.165) is 4.47 Å². The van der Waals surface area contributed by atoms with Crippen LogP contribution in [0.25, 0.3) is 0 Å². The largest absolute Gasteiger partial charge is 0.490 e. The molecular weight excluding hydrogens is 284 g/mol. The minimum Gasteiger partial charge on any atom is -0.490 e. The van der Waals surface area contributed by atoms with Gasteiger partial charge in [0.15, 0.2) is 5.78 Å². The quantitative estimate of drug-likeness (QED) is 0.596. The Hall–Kier alpha value is -0.870. The van der Waals surface area contributed by atoms with E-state index in [4.69, 9.17) is 9.47 Å². The van der Waals surface area contributed by atoms with Gasteiger partial charge in [0.25, 0.3) is 0 Å². The lowest BCUT2D eigenvalue weighted by Gasteiger charge is -2.11. The lowest BCUT2D eigenvalue weighted by molar-refractivity contribution is 0.0549. The molecule has 0 heterocycles. The molecule has 0 aliphatic rings. The highest BCUT2D eigenvalue weighted by atomic mass is 79.9. The van der Waals surface area contributed by atoms with Gasteiger partial charge in [-0.3, -0.25) is 4.79 Å². The first-order valence-electron chi connectivity index (χ1n) is 5.55. The van der Waals surface area contributed by atoms with E-state index in [1.807, 2.05) is 19.9 Å². The average Bonchev–Trinajstić information content (AvgIpc) is 2.25. The minimum atomic E-state index is -0.00826. The number of hydrogen-bond donors (Lipinski definition) is 0. The molecule has 0 fully saturated rings. The SMILES string of the molecule is CC(=O)c1cc(Br)ccc1OCCOC(C)C. The van der Waals surface area contributed by atoms with Gasteiger partial charge in [0.1, 0.15) is 12.4 Å². The fraction of sp³-hybridized carbons (Fsp3) is 0.462. The molecule has 1 aromatic rings. The van der Waals surface area contributed by atoms with Gasteiger partial charge >= 0.3 is 0 Å². The van der Waals surface area contributed by atoms with E-state index < -0.39 is 0 Å². The Bertz CT molecular complexity index is 388. The van der Waals surface area contributed by atoms with Crippen LogP contribution < -0.4 is 4.74 Å². The number of ether oxygens (including phenoxy) is 2. The monoisotopic (exact) mass is 300 g/mol. The van der Waals surface area contributed by atoms with E-state index in [2.05, 4.69) is 15.9 Å². The van der Waals surface area contributed by atoms with Crippen molar-refractivity contribution in [3.63, 3.8) is 0 Å². The molecule has 1 aromatic carbocycles. The molecule has 0 bridgehead atoms. The van der Waals surface area contributed by atoms with Gasteiger partial charge in [-0.15, -0.1) is 0 Å². The van der Waals surface area contributed by atoms with Crippen LogP contribution in [0, 0.1) is 0 Å². The van der Waals surface area contributed by atoms with Crippen LogP contribution in [0.15, 0.2) is 22.7 Å². The predicted molar refractivity (Wildman–Crippen MR) is 70.7 cm³/mol. The van der Waals surface area contributed by atoms with Gasteiger partial charge in [-0.25, -0.2) is 0 Å². The Morgan fingerprint density at radius 1 is 1.35 bits per heavy atom. The summed E-state index contributed by atoms with van der Waals surface area (Å²) in [7, 11) is 0. The fourth-order valence-corrected chi connectivity index (χ4v) is 1.70. The van der Waals surface area contributed by atoms with Crippen molar-refractivity contribution < 1.29 is 14.3 Å². The third-order valence-electron chi connectivity index (χ3n) is 2.11. The molecule has 0 aliphatic carbocycles. The molecule has 94 valence electrons. The summed E-state index contributed by atoms with van der Waals surface area (Å²) < 4.78 is 11.8. The van der Waals surface area contributed by atoms with E-state index in [1.165, 1.54) is 6.92 Å². The van der Waals surface area contributed by atoms with Gasteiger partial charge in [-0.1, -0.05) is 15.9 Å². The molecule has 1 rings (SSSR count). The van der Waals surface area contributed by atoms with Crippen molar-refractivity contribution in [2.45, 2.75) is 26.9 Å². The highest BCUT2D eigenvalue weighted by Gasteiger charge is 2.09. The second kappa shape index (κ2) is 6.77. The van der Waals surface area contributed by atoms with Gasteiger partial charge in [-0.2, -0.15) is 0 Å². The third-order valence-corrected chi connectivity index (χ3v) is 2.61. The second-order valence-corrected chi connectivity index (χ2v) is 4.88. The number of carbonyl (C=O) groups excluding carboxylic acids is 1. The number of hydrogen-bond acceptors (Lipinski definition) is 3. The molecule has 0 unspecified atom stereocenters. The average molecular weight is 301 g/mol. The van der Waals surface area contributed by atoms with Crippen LogP contribution in [0.3, 0.4) is 0 Å². The van der Waals surface area contributed by atoms with Crippen molar-refractivity contribution in [2.75, 3.05) is 13.2 Å². The predicted octanol–water partition coefficient (Wildman–Crippen LogP) is 3.46. The fourth-order valence-electron chi connectivity index (χ4n) is 1.34. The molecule has 0 amide bonds. The first-order valence-corrected chi connectivity index (χ1v) is 6.35. The number of benzene rings is 1. The van der Waals surface area contributed by atoms with Crippen LogP contribution in [0.2, 0.25) is 0 Å². The van der Waals surface area contributed by atoms with Crippen molar-refractivity contribution in [3.8, 4) is 5.75 Å². The maximum Gasteiger partial charge on any atom is 0.163 e. The molecule has 0 aromatic heterocycles. The molecule has 17 heavy (non-hydrogen) atoms. The summed E-state index contributed by atoms with van der Waals surface area (Å²) in [4.78, 5) is 11.4. The summed E-state index contributed by atoms with van der Waals surface area (Å²) in [5, 5.41) is 0. The van der Waals surface area contributed by atoms with Gasteiger partial charge in [0.05, 0.1) is 18.3 Å². The number of rotatable bonds is 6. The summed E-state index contributed by atoms with van der Waals surface area (Å²) in [6.07, 6.45) is 0.191. The Morgan fingerprint density at radius 2 is 2.06 bits per heavy atom. The van der Waals surface area contributed by atoms with Crippen molar-refractivity contribution >= 4 is 21.7 Å². The van der Waals surface area contributed by atoms with Crippen LogP contribution in [0.4, 0.5) is 0 Å². The summed E-state index contributed by atoms with van der Waals surface area (Å²) in [5.74, 6) is 0.596. The topological polar surface area (TPSA) is 35.5 Å². The Kier molecular flexibility index (Phi) is 5.65. The molecular formula is C13H17BrO3. The molecule has 0 saturated carbocycles. The minimum absolute atomic E-state index is 0.00826. The zero-order chi connectivity index (χ0) is 12.8. The summed E-state index contributed by atoms with van der Waals surface area (Å²) in [5.41, 5.74) is 0.587. The summed E-state index contributed by atoms with van der Waals surface area (Å²) in [6.45, 7) is 6.44. The number of ketones is 1. The first kappa shape index (κ1) is 14.2. The Labute approximate surface area is 110 Å². The number of Topliss-reactive ketones (excluding diaryl/α,β-unsaturated/α-hetero) is 1. The van der Waals surface area contributed by atoms with Crippen molar-refractivity contribution in [1.82, 2.24) is 0 Å². The van der Waals surface area contributed by atoms with Gasteiger partial charge in [-0.05, 0) is 39.0 Å². The molecule has 0 aliphatic heterocycles. The molecule has 0 atom stereocenters. The first-order chi connectivity index (χ1) is 8.00. The van der Waals surface area contributed by atoms with E-state index >= 15 is 0 Å². The van der Waals surface area contributed by atoms with E-state index in [9.17, 15) is 4.79 Å². The standard InChI is InChI=1S/C13H17BrO3/c1-9(2)16-6-7-17-13-5-4-11(14)8-12(13)10(3)15/h4-5,8-9H,6-7H2,1-3H3. The maximum absolute atomic E-state index is 11.4. The maximum atomic E-state index is 11.4. The molecule has 3 nitrogen and oxygen atoms in total. The van der Waals surface area contributed by atoms with Crippen LogP contribution in [0.5, 0.6) is 5.75 Å². The van der Waals surface area contributed by atoms with Gasteiger partial charge in [0, 0.05) is 4.47 Å². The van der Waals surface area contributed by atoms with Gasteiger partial charge in [0.2, 0.25) is 0 Å². The van der Waals surface area contributed by atoms with E-state index in [1.54, 1.807) is 12.1 Å². The zero-order valence-electron chi connectivity index (χ0n) is 10.3. The molecule has 0 saturated heterocycles. The van der Waals surface area contributed by atoms with E-state index in [0.29, 0.717) is 24.5 Å². The van der Waals surface area contributed by atoms with E-state index in [-0.39, 0.29) is 11.9 Å². The Morgan fingerprint density at radius 3 is 2.65 bits per heavy atom. The zero-order valence-corrected chi connectivity index (χ0v) is 11.9. The molecule has 0 spiro atoms. The van der Waals surface area contributed by atoms with Crippen molar-refractivity contribution in [3.05, 3.63) is 28.2 Å². The van der Waals surface area contributed by atoms with Crippen LogP contribution in [0.1, 0.15) is 31.1 Å². The lowest BCUT2D eigenvalue weighted by Crippen LogP contribution is -2.12. The van der Waals surface area contributed by atoms with Crippen molar-refractivity contribution in [2.24, 2.45) is 0 Å². The van der Waals surface area contributed by atoms with Crippen molar-refractivity contribution in [1.29, 1.82) is 0 Å². The van der Waals surface area contributed by atoms with Crippen LogP contribution in [-0.4, -0.2) is 25.1 Å². The van der Waals surface area contributed by atoms with Gasteiger partial charge < -0.3 is 9.47 Å². The number of carbonyl (C=O) groups is 1. The summed E-state index contributed by atoms with van der Waals surface area (Å²) >= 11 is 3.33. The highest BCUT2D eigenvalue weighted by molar-refractivity contribution is 9.10. The van der Waals surface area contributed by atoms with Crippen LogP contribution >= 0.6 is 15.9 Å². The van der Waals surface area contributed by atoms with Crippen LogP contribution in [-0.2, 0) is 4.74 Å². The lowest BCUT2D eigenvalue weighted by atomic mass is 10.1. The third kappa shape index (κ3) is 4.88. The second-order valence-electron chi connectivity index (χ2n) is 3.96. The Balaban J connectivity index is 2.61.